The van der Waals surface area contributed by atoms with Gasteiger partial charge in [0, 0.05) is 43.3 Å². The summed E-state index contributed by atoms with van der Waals surface area (Å²) >= 11 is 1.53. The Morgan fingerprint density at radius 3 is 2.77 bits per heavy atom. The van der Waals surface area contributed by atoms with Gasteiger partial charge in [-0.15, -0.1) is 11.3 Å². The van der Waals surface area contributed by atoms with Gasteiger partial charge in [0.25, 0.3) is 0 Å². The Bertz CT molecular complexity index is 512. The maximum absolute atomic E-state index is 12.4. The summed E-state index contributed by atoms with van der Waals surface area (Å²) in [6, 6.07) is 0.0355. The number of urea groups is 1. The van der Waals surface area contributed by atoms with Crippen molar-refractivity contribution in [2.24, 2.45) is 0 Å². The van der Waals surface area contributed by atoms with E-state index < -0.39 is 0 Å². The fourth-order valence-electron chi connectivity index (χ4n) is 2.52. The van der Waals surface area contributed by atoms with Crippen molar-refractivity contribution in [1.29, 1.82) is 0 Å². The zero-order valence-corrected chi connectivity index (χ0v) is 14.6. The molecule has 2 N–H and O–H groups in total. The number of carbonyl (C=O) groups excluding carboxylic acids is 1. The van der Waals surface area contributed by atoms with Crippen LogP contribution in [0.5, 0.6) is 0 Å². The molecule has 1 atom stereocenters. The van der Waals surface area contributed by atoms with E-state index in [0.29, 0.717) is 18.2 Å². The SMILES string of the molecule is CC1CN(CCO)CCN1C(=O)Nc1ncc(C(C)(C)C)s1. The number of thiazole rings is 1. The predicted molar refractivity (Wildman–Crippen MR) is 89.5 cm³/mol. The van der Waals surface area contributed by atoms with Gasteiger partial charge in [-0.3, -0.25) is 10.2 Å². The highest BCUT2D eigenvalue weighted by Crippen LogP contribution is 2.30. The van der Waals surface area contributed by atoms with Crippen LogP contribution in [0, 0.1) is 0 Å². The molecule has 1 aliphatic rings. The van der Waals surface area contributed by atoms with Crippen LogP contribution in [0.2, 0.25) is 0 Å². The van der Waals surface area contributed by atoms with E-state index in [1.165, 1.54) is 11.3 Å². The summed E-state index contributed by atoms with van der Waals surface area (Å²) in [5.74, 6) is 0. The van der Waals surface area contributed by atoms with Crippen LogP contribution in [0.3, 0.4) is 0 Å². The Balaban J connectivity index is 1.94. The monoisotopic (exact) mass is 326 g/mol. The van der Waals surface area contributed by atoms with Crippen LogP contribution in [0.25, 0.3) is 0 Å². The number of β-amino-alcohol motifs (C(OH)–C–C–N with tert-alkyl or cyclic N) is 1. The van der Waals surface area contributed by atoms with Crippen LogP contribution in [-0.2, 0) is 5.41 Å². The lowest BCUT2D eigenvalue weighted by atomic mass is 9.96. The first-order chi connectivity index (χ1) is 10.3. The summed E-state index contributed by atoms with van der Waals surface area (Å²) in [7, 11) is 0. The molecule has 2 rings (SSSR count). The molecule has 1 aromatic rings. The molecule has 0 saturated carbocycles. The highest BCUT2D eigenvalue weighted by Gasteiger charge is 2.28. The van der Waals surface area contributed by atoms with Crippen molar-refractivity contribution in [3.8, 4) is 0 Å². The molecule has 6 nitrogen and oxygen atoms in total. The number of hydrogen-bond donors (Lipinski definition) is 2. The van der Waals surface area contributed by atoms with Crippen molar-refractivity contribution in [3.63, 3.8) is 0 Å². The molecule has 0 bridgehead atoms. The summed E-state index contributed by atoms with van der Waals surface area (Å²) in [5.41, 5.74) is 0.0455. The molecule has 2 amide bonds. The number of aliphatic hydroxyl groups is 1. The smallest absolute Gasteiger partial charge is 0.323 e. The first-order valence-corrected chi connectivity index (χ1v) is 8.50. The van der Waals surface area contributed by atoms with Gasteiger partial charge in [-0.05, 0) is 12.3 Å². The number of nitrogens with zero attached hydrogens (tertiary/aromatic N) is 3. The zero-order valence-electron chi connectivity index (χ0n) is 13.8. The number of nitrogens with one attached hydrogen (secondary N) is 1. The van der Waals surface area contributed by atoms with Crippen LogP contribution >= 0.6 is 11.3 Å². The van der Waals surface area contributed by atoms with Crippen LogP contribution in [0.4, 0.5) is 9.93 Å². The topological polar surface area (TPSA) is 68.7 Å². The number of aromatic nitrogens is 1. The number of anilines is 1. The van der Waals surface area contributed by atoms with Crippen LogP contribution in [0.15, 0.2) is 6.20 Å². The number of amides is 2. The molecular weight excluding hydrogens is 300 g/mol. The minimum Gasteiger partial charge on any atom is -0.395 e. The van der Waals surface area contributed by atoms with Crippen LogP contribution in [0.1, 0.15) is 32.6 Å². The summed E-state index contributed by atoms with van der Waals surface area (Å²) < 4.78 is 0. The van der Waals surface area contributed by atoms with Crippen LogP contribution in [-0.4, -0.2) is 64.7 Å². The van der Waals surface area contributed by atoms with Gasteiger partial charge in [-0.2, -0.15) is 0 Å². The largest absolute Gasteiger partial charge is 0.395 e. The highest BCUT2D eigenvalue weighted by molar-refractivity contribution is 7.15. The third-order valence-corrected chi connectivity index (χ3v) is 5.19. The van der Waals surface area contributed by atoms with Crippen molar-refractivity contribution in [2.45, 2.75) is 39.2 Å². The lowest BCUT2D eigenvalue weighted by Crippen LogP contribution is -2.55. The van der Waals surface area contributed by atoms with E-state index in [0.717, 1.165) is 18.0 Å². The summed E-state index contributed by atoms with van der Waals surface area (Å²) in [6.45, 7) is 11.5. The van der Waals surface area contributed by atoms with E-state index in [1.807, 2.05) is 18.0 Å². The molecule has 2 heterocycles. The lowest BCUT2D eigenvalue weighted by Gasteiger charge is -2.39. The van der Waals surface area contributed by atoms with Crippen molar-refractivity contribution >= 4 is 22.5 Å². The second-order valence-corrected chi connectivity index (χ2v) is 7.81. The number of hydrogen-bond acceptors (Lipinski definition) is 5. The van der Waals surface area contributed by atoms with Crippen LogP contribution < -0.4 is 5.32 Å². The third-order valence-electron chi connectivity index (χ3n) is 3.85. The van der Waals surface area contributed by atoms with Gasteiger partial charge < -0.3 is 10.0 Å². The van der Waals surface area contributed by atoms with E-state index in [1.54, 1.807) is 0 Å². The highest BCUT2D eigenvalue weighted by atomic mass is 32.1. The Morgan fingerprint density at radius 2 is 2.23 bits per heavy atom. The number of rotatable bonds is 3. The summed E-state index contributed by atoms with van der Waals surface area (Å²) in [5, 5.41) is 12.6. The van der Waals surface area contributed by atoms with Crippen molar-refractivity contribution < 1.29 is 9.90 Å². The van der Waals surface area contributed by atoms with Gasteiger partial charge in [-0.25, -0.2) is 9.78 Å². The fourth-order valence-corrected chi connectivity index (χ4v) is 3.38. The predicted octanol–water partition coefficient (Wildman–Crippen LogP) is 1.97. The molecule has 1 aromatic heterocycles. The minimum absolute atomic E-state index is 0.0455. The van der Waals surface area contributed by atoms with Gasteiger partial charge >= 0.3 is 6.03 Å². The third kappa shape index (κ3) is 4.18. The lowest BCUT2D eigenvalue weighted by molar-refractivity contribution is 0.0942. The average molecular weight is 326 g/mol. The van der Waals surface area contributed by atoms with E-state index in [9.17, 15) is 4.79 Å². The molecule has 0 radical (unpaired) electrons. The summed E-state index contributed by atoms with van der Waals surface area (Å²) in [4.78, 5) is 21.9. The molecule has 7 heteroatoms. The normalized spacial score (nSPS) is 20.2. The number of aliphatic hydroxyl groups excluding tert-OH is 1. The minimum atomic E-state index is -0.0917. The molecule has 22 heavy (non-hydrogen) atoms. The Labute approximate surface area is 136 Å². The second-order valence-electron chi connectivity index (χ2n) is 6.78. The van der Waals surface area contributed by atoms with Gasteiger partial charge in [0.05, 0.1) is 6.61 Å². The van der Waals surface area contributed by atoms with Crippen molar-refractivity contribution in [1.82, 2.24) is 14.8 Å². The zero-order chi connectivity index (χ0) is 16.3. The molecule has 1 unspecified atom stereocenters. The average Bonchev–Trinajstić information content (AvgIpc) is 2.87. The Morgan fingerprint density at radius 1 is 1.50 bits per heavy atom. The number of carbonyl (C=O) groups is 1. The first kappa shape index (κ1) is 17.2. The molecule has 0 aliphatic carbocycles. The van der Waals surface area contributed by atoms with Gasteiger partial charge in [0.15, 0.2) is 5.13 Å². The molecule has 1 fully saturated rings. The van der Waals surface area contributed by atoms with E-state index in [2.05, 4.69) is 36.0 Å². The fraction of sp³-hybridized carbons (Fsp3) is 0.733. The second kappa shape index (κ2) is 6.93. The molecule has 124 valence electrons. The Hall–Kier alpha value is -1.18. The van der Waals surface area contributed by atoms with Gasteiger partial charge in [-0.1, -0.05) is 20.8 Å². The van der Waals surface area contributed by atoms with E-state index in [4.69, 9.17) is 5.11 Å². The maximum atomic E-state index is 12.4. The summed E-state index contributed by atoms with van der Waals surface area (Å²) in [6.07, 6.45) is 1.84. The van der Waals surface area contributed by atoms with Crippen molar-refractivity contribution in [2.75, 3.05) is 38.1 Å². The quantitative estimate of drug-likeness (QED) is 0.891. The standard InChI is InChI=1S/C15H26N4O2S/c1-11-10-18(7-8-20)5-6-19(11)14(21)17-13-16-9-12(22-13)15(2,3)4/h9,11,20H,5-8,10H2,1-4H3,(H,16,17,21). The molecule has 0 spiro atoms. The first-order valence-electron chi connectivity index (χ1n) is 7.68. The molecular formula is C15H26N4O2S. The van der Waals surface area contributed by atoms with Gasteiger partial charge in [0.1, 0.15) is 0 Å². The molecule has 1 saturated heterocycles. The number of piperazine rings is 1. The van der Waals surface area contributed by atoms with Gasteiger partial charge in [0.2, 0.25) is 0 Å². The molecule has 0 aromatic carbocycles. The van der Waals surface area contributed by atoms with Crippen molar-refractivity contribution in [3.05, 3.63) is 11.1 Å². The Kier molecular flexibility index (Phi) is 5.41. The van der Waals surface area contributed by atoms with E-state index in [-0.39, 0.29) is 24.1 Å². The van der Waals surface area contributed by atoms with E-state index >= 15 is 0 Å². The molecule has 1 aliphatic heterocycles. The maximum Gasteiger partial charge on any atom is 0.323 e.